The first-order valence-electron chi connectivity index (χ1n) is 11.8. The Morgan fingerprint density at radius 3 is 2.07 bits per heavy atom. The molecule has 5 nitrogen and oxygen atoms in total. The summed E-state index contributed by atoms with van der Waals surface area (Å²) in [5, 5.41) is 0. The van der Waals surface area contributed by atoms with Crippen molar-refractivity contribution in [3.8, 4) is 5.75 Å². The Hall–Kier alpha value is -2.17. The van der Waals surface area contributed by atoms with Crippen LogP contribution in [0.4, 0.5) is 5.69 Å². The Labute approximate surface area is 179 Å². The molecule has 5 heteroatoms. The largest absolute Gasteiger partial charge is 0.427 e. The molecule has 1 aliphatic heterocycles. The standard InChI is InChI=1S/C25H33NO4/c1-2-3-4-5-6-7-8-9-21(27)30-20-14-12-19(13-15-20)26-24(28)22-17-10-11-18(16-17)23(22)25(26)29/h12-15,17-18,22-23H,2-11,16H2,1H3/t17-,18-,22+,23+/m0/s1. The molecule has 1 saturated heterocycles. The van der Waals surface area contributed by atoms with Crippen molar-refractivity contribution in [2.75, 3.05) is 4.90 Å². The smallest absolute Gasteiger partial charge is 0.311 e. The number of imide groups is 1. The number of carbonyl (C=O) groups is 3. The van der Waals surface area contributed by atoms with Crippen LogP contribution in [-0.2, 0) is 14.4 Å². The lowest BCUT2D eigenvalue weighted by Gasteiger charge is -2.19. The van der Waals surface area contributed by atoms with E-state index in [-0.39, 0.29) is 29.6 Å². The zero-order valence-corrected chi connectivity index (χ0v) is 18.0. The van der Waals surface area contributed by atoms with Gasteiger partial charge < -0.3 is 4.74 Å². The number of rotatable bonds is 10. The zero-order valence-electron chi connectivity index (χ0n) is 18.0. The molecule has 162 valence electrons. The van der Waals surface area contributed by atoms with Crippen LogP contribution in [0.3, 0.4) is 0 Å². The number of hydrogen-bond acceptors (Lipinski definition) is 4. The molecule has 2 amide bonds. The predicted octanol–water partition coefficient (Wildman–Crippen LogP) is 5.27. The molecule has 30 heavy (non-hydrogen) atoms. The van der Waals surface area contributed by atoms with Gasteiger partial charge in [-0.1, -0.05) is 45.4 Å². The number of fused-ring (bicyclic) bond motifs is 5. The highest BCUT2D eigenvalue weighted by Gasteiger charge is 2.61. The summed E-state index contributed by atoms with van der Waals surface area (Å²) in [7, 11) is 0. The van der Waals surface area contributed by atoms with Gasteiger partial charge in [0, 0.05) is 6.42 Å². The maximum Gasteiger partial charge on any atom is 0.311 e. The summed E-state index contributed by atoms with van der Waals surface area (Å²) in [5.74, 6) is 0.691. The summed E-state index contributed by atoms with van der Waals surface area (Å²) >= 11 is 0. The molecule has 2 saturated carbocycles. The normalized spacial score (nSPS) is 27.0. The lowest BCUT2D eigenvalue weighted by molar-refractivity contribution is -0.134. The van der Waals surface area contributed by atoms with E-state index in [0.29, 0.717) is 29.7 Å². The Balaban J connectivity index is 1.26. The van der Waals surface area contributed by atoms with E-state index >= 15 is 0 Å². The van der Waals surface area contributed by atoms with Crippen LogP contribution in [0.2, 0.25) is 0 Å². The summed E-state index contributed by atoms with van der Waals surface area (Å²) in [5.41, 5.74) is 0.589. The molecule has 0 radical (unpaired) electrons. The van der Waals surface area contributed by atoms with E-state index in [4.69, 9.17) is 4.74 Å². The second kappa shape index (κ2) is 9.32. The van der Waals surface area contributed by atoms with Crippen molar-refractivity contribution in [1.82, 2.24) is 0 Å². The van der Waals surface area contributed by atoms with Gasteiger partial charge >= 0.3 is 5.97 Å². The first-order valence-corrected chi connectivity index (χ1v) is 11.8. The van der Waals surface area contributed by atoms with Crippen LogP contribution in [-0.4, -0.2) is 17.8 Å². The van der Waals surface area contributed by atoms with E-state index in [2.05, 4.69) is 6.92 Å². The van der Waals surface area contributed by atoms with E-state index in [0.717, 1.165) is 32.1 Å². The van der Waals surface area contributed by atoms with E-state index in [1.54, 1.807) is 24.3 Å². The first kappa shape index (κ1) is 21.1. The van der Waals surface area contributed by atoms with Crippen LogP contribution in [0.1, 0.15) is 77.6 Å². The number of carbonyl (C=O) groups excluding carboxylic acids is 3. The van der Waals surface area contributed by atoms with Crippen LogP contribution < -0.4 is 9.64 Å². The molecule has 1 aromatic carbocycles. The number of nitrogens with zero attached hydrogens (tertiary/aromatic N) is 1. The minimum atomic E-state index is -0.226. The summed E-state index contributed by atoms with van der Waals surface area (Å²) in [6, 6.07) is 6.80. The number of benzene rings is 1. The Bertz CT molecular complexity index is 759. The third-order valence-electron chi connectivity index (χ3n) is 7.24. The van der Waals surface area contributed by atoms with Gasteiger partial charge in [0.05, 0.1) is 17.5 Å². The van der Waals surface area contributed by atoms with Gasteiger partial charge in [0.1, 0.15) is 5.75 Å². The van der Waals surface area contributed by atoms with Crippen LogP contribution in [0.15, 0.2) is 24.3 Å². The zero-order chi connectivity index (χ0) is 21.1. The van der Waals surface area contributed by atoms with Gasteiger partial charge in [-0.05, 0) is 61.8 Å². The van der Waals surface area contributed by atoms with Crippen molar-refractivity contribution in [3.63, 3.8) is 0 Å². The van der Waals surface area contributed by atoms with Gasteiger partial charge in [0.2, 0.25) is 11.8 Å². The maximum atomic E-state index is 12.9. The molecule has 3 aliphatic rings. The number of ether oxygens (including phenoxy) is 1. The molecule has 0 N–H and O–H groups in total. The van der Waals surface area contributed by atoms with Crippen molar-refractivity contribution in [2.45, 2.75) is 77.6 Å². The molecule has 0 aromatic heterocycles. The second-order valence-electron chi connectivity index (χ2n) is 9.24. The van der Waals surface area contributed by atoms with Crippen molar-refractivity contribution >= 4 is 23.5 Å². The van der Waals surface area contributed by atoms with Crippen LogP contribution in [0.5, 0.6) is 5.75 Å². The number of unbranched alkanes of at least 4 members (excludes halogenated alkanes) is 6. The SMILES string of the molecule is CCCCCCCCCC(=O)Oc1ccc(N2C(=O)[C@@H]3[C@H]4CC[C@@H](C4)[C@H]3C2=O)cc1. The monoisotopic (exact) mass is 411 g/mol. The molecule has 2 aliphatic carbocycles. The number of hydrogen-bond donors (Lipinski definition) is 0. The number of amides is 2. The topological polar surface area (TPSA) is 63.7 Å². The van der Waals surface area contributed by atoms with Gasteiger partial charge in [-0.25, -0.2) is 0 Å². The lowest BCUT2D eigenvalue weighted by Crippen LogP contribution is -2.32. The fourth-order valence-corrected chi connectivity index (χ4v) is 5.74. The van der Waals surface area contributed by atoms with E-state index in [1.165, 1.54) is 37.0 Å². The van der Waals surface area contributed by atoms with Crippen LogP contribution in [0.25, 0.3) is 0 Å². The third-order valence-corrected chi connectivity index (χ3v) is 7.24. The molecule has 1 heterocycles. The second-order valence-corrected chi connectivity index (χ2v) is 9.24. The molecule has 4 atom stereocenters. The summed E-state index contributed by atoms with van der Waals surface area (Å²) in [4.78, 5) is 39.2. The van der Waals surface area contributed by atoms with Gasteiger partial charge in [-0.15, -0.1) is 0 Å². The molecular formula is C25H33NO4. The average molecular weight is 412 g/mol. The molecule has 0 unspecified atom stereocenters. The van der Waals surface area contributed by atoms with Gasteiger partial charge in [0.15, 0.2) is 0 Å². The highest BCUT2D eigenvalue weighted by molar-refractivity contribution is 6.22. The minimum absolute atomic E-state index is 0.0409. The molecule has 1 aromatic rings. The van der Waals surface area contributed by atoms with Gasteiger partial charge in [-0.2, -0.15) is 0 Å². The van der Waals surface area contributed by atoms with Crippen molar-refractivity contribution in [1.29, 1.82) is 0 Å². The van der Waals surface area contributed by atoms with Crippen molar-refractivity contribution in [3.05, 3.63) is 24.3 Å². The van der Waals surface area contributed by atoms with E-state index < -0.39 is 0 Å². The Morgan fingerprint density at radius 2 is 1.47 bits per heavy atom. The highest BCUT2D eigenvalue weighted by Crippen LogP contribution is 2.56. The lowest BCUT2D eigenvalue weighted by atomic mass is 9.81. The van der Waals surface area contributed by atoms with E-state index in [9.17, 15) is 14.4 Å². The van der Waals surface area contributed by atoms with Gasteiger partial charge in [-0.3, -0.25) is 19.3 Å². The summed E-state index contributed by atoms with van der Waals surface area (Å²) in [6.07, 6.45) is 11.7. The van der Waals surface area contributed by atoms with Crippen molar-refractivity contribution < 1.29 is 19.1 Å². The molecule has 0 spiro atoms. The Morgan fingerprint density at radius 1 is 0.900 bits per heavy atom. The van der Waals surface area contributed by atoms with Gasteiger partial charge in [0.25, 0.3) is 0 Å². The van der Waals surface area contributed by atoms with Crippen LogP contribution >= 0.6 is 0 Å². The highest BCUT2D eigenvalue weighted by atomic mass is 16.5. The summed E-state index contributed by atoms with van der Waals surface area (Å²) < 4.78 is 5.42. The van der Waals surface area contributed by atoms with Crippen molar-refractivity contribution in [2.24, 2.45) is 23.7 Å². The molecular weight excluding hydrogens is 378 g/mol. The molecule has 2 bridgehead atoms. The average Bonchev–Trinajstić information content (AvgIpc) is 3.42. The number of anilines is 1. The van der Waals surface area contributed by atoms with E-state index in [1.807, 2.05) is 0 Å². The summed E-state index contributed by atoms with van der Waals surface area (Å²) in [6.45, 7) is 2.21. The quantitative estimate of drug-likeness (QED) is 0.228. The fraction of sp³-hybridized carbons (Fsp3) is 0.640. The first-order chi connectivity index (χ1) is 14.6. The van der Waals surface area contributed by atoms with Crippen LogP contribution in [0, 0.1) is 23.7 Å². The minimum Gasteiger partial charge on any atom is -0.427 e. The third kappa shape index (κ3) is 4.17. The predicted molar refractivity (Wildman–Crippen MR) is 115 cm³/mol. The molecule has 4 rings (SSSR count). The maximum absolute atomic E-state index is 12.9. The molecule has 3 fully saturated rings. The fourth-order valence-electron chi connectivity index (χ4n) is 5.74. The number of esters is 1. The Kier molecular flexibility index (Phi) is 6.55.